The number of fused-ring (bicyclic) bond motifs is 1. The molecule has 202 valence electrons. The molecule has 1 aromatic carbocycles. The number of nitrogens with two attached hydrogens (primary N) is 1. The molecule has 0 fully saturated rings. The molecule has 2 N–H and O–H groups in total. The Labute approximate surface area is 230 Å². The van der Waals surface area contributed by atoms with Crippen molar-refractivity contribution >= 4 is 33.8 Å². The Morgan fingerprint density at radius 1 is 1.26 bits per heavy atom. The zero-order valence-corrected chi connectivity index (χ0v) is 23.0. The topological polar surface area (TPSA) is 140 Å². The van der Waals surface area contributed by atoms with Crippen LogP contribution in [0.4, 0.5) is 10.7 Å². The van der Waals surface area contributed by atoms with Gasteiger partial charge in [0.1, 0.15) is 10.8 Å². The lowest BCUT2D eigenvalue weighted by Gasteiger charge is -2.43. The summed E-state index contributed by atoms with van der Waals surface area (Å²) in [6.45, 7) is 4.00. The van der Waals surface area contributed by atoms with Crippen LogP contribution in [0.3, 0.4) is 0 Å². The first-order valence-corrected chi connectivity index (χ1v) is 13.8. The highest BCUT2D eigenvalue weighted by molar-refractivity contribution is 7.16. The number of nitro groups is 1. The van der Waals surface area contributed by atoms with Crippen LogP contribution in [0, 0.1) is 26.9 Å². The summed E-state index contributed by atoms with van der Waals surface area (Å²) in [4.78, 5) is 40.9. The van der Waals surface area contributed by atoms with Gasteiger partial charge in [-0.25, -0.2) is 4.79 Å². The molecular formula is C29H30N4O5S. The number of Topliss-reactive ketones (excluding diaryl/α,β-unsaturated/α-hetero) is 1. The zero-order valence-electron chi connectivity index (χ0n) is 22.2. The predicted molar refractivity (Wildman–Crippen MR) is 147 cm³/mol. The Hall–Kier alpha value is -3.97. The molecule has 0 bridgehead atoms. The van der Waals surface area contributed by atoms with Crippen LogP contribution in [0.25, 0.3) is 0 Å². The number of anilines is 1. The van der Waals surface area contributed by atoms with E-state index < -0.39 is 22.2 Å². The maximum absolute atomic E-state index is 13.8. The summed E-state index contributed by atoms with van der Waals surface area (Å²) in [7, 11) is 1.35. The first kappa shape index (κ1) is 26.6. The van der Waals surface area contributed by atoms with Crippen LogP contribution in [0.15, 0.2) is 46.9 Å². The van der Waals surface area contributed by atoms with E-state index in [4.69, 9.17) is 10.5 Å². The van der Waals surface area contributed by atoms with Gasteiger partial charge in [-0.1, -0.05) is 32.4 Å². The summed E-state index contributed by atoms with van der Waals surface area (Å²) in [5.41, 5.74) is 9.27. The number of ether oxygens (including phenoxy) is 1. The third-order valence-corrected chi connectivity index (χ3v) is 9.07. The molecule has 0 radical (unpaired) electrons. The molecule has 0 saturated carbocycles. The van der Waals surface area contributed by atoms with Crippen LogP contribution in [-0.2, 0) is 22.4 Å². The molecule has 1 unspecified atom stereocenters. The number of ketones is 1. The highest BCUT2D eigenvalue weighted by atomic mass is 32.1. The van der Waals surface area contributed by atoms with Gasteiger partial charge < -0.3 is 10.5 Å². The highest BCUT2D eigenvalue weighted by Gasteiger charge is 2.46. The number of rotatable bonds is 4. The minimum absolute atomic E-state index is 0.125. The first-order valence-electron chi connectivity index (χ1n) is 13.0. The fraction of sp³-hybridized carbons (Fsp3) is 0.414. The Kier molecular flexibility index (Phi) is 6.81. The van der Waals surface area contributed by atoms with Gasteiger partial charge in [-0.3, -0.25) is 19.8 Å². The van der Waals surface area contributed by atoms with Crippen LogP contribution in [-0.4, -0.2) is 23.8 Å². The summed E-state index contributed by atoms with van der Waals surface area (Å²) < 4.78 is 5.22. The van der Waals surface area contributed by atoms with Crippen molar-refractivity contribution in [1.82, 2.24) is 0 Å². The monoisotopic (exact) mass is 546 g/mol. The molecule has 39 heavy (non-hydrogen) atoms. The largest absolute Gasteiger partial charge is 0.465 e. The minimum Gasteiger partial charge on any atom is -0.465 e. The third-order valence-electron chi connectivity index (χ3n) is 7.79. The second kappa shape index (κ2) is 9.97. The van der Waals surface area contributed by atoms with Crippen LogP contribution in [0.1, 0.15) is 78.2 Å². The molecule has 2 aromatic rings. The van der Waals surface area contributed by atoms with Crippen molar-refractivity contribution in [2.24, 2.45) is 11.1 Å². The van der Waals surface area contributed by atoms with Crippen molar-refractivity contribution in [3.63, 3.8) is 0 Å². The summed E-state index contributed by atoms with van der Waals surface area (Å²) in [6, 6.07) is 8.21. The molecule has 1 aliphatic heterocycles. The normalized spacial score (nSPS) is 20.6. The lowest BCUT2D eigenvalue weighted by molar-refractivity contribution is -0.384. The van der Waals surface area contributed by atoms with Crippen LogP contribution >= 0.6 is 11.3 Å². The van der Waals surface area contributed by atoms with Crippen molar-refractivity contribution < 1.29 is 19.2 Å². The SMILES string of the molecule is COC(=O)c1c(N2C(N)=C(C#N)C(c3cccc([N+](=O)[O-])c3)C3=C2CC(C)(C)CC3=O)sc2c1CCCCC2. The zero-order chi connectivity index (χ0) is 28.1. The number of aryl methyl sites for hydroxylation is 1. The van der Waals surface area contributed by atoms with Gasteiger partial charge in [-0.2, -0.15) is 5.26 Å². The number of hydrogen-bond acceptors (Lipinski definition) is 9. The quantitative estimate of drug-likeness (QED) is 0.224. The third kappa shape index (κ3) is 4.51. The molecule has 2 heterocycles. The van der Waals surface area contributed by atoms with Gasteiger partial charge in [0, 0.05) is 34.7 Å². The number of nitrogens with zero attached hydrogens (tertiary/aromatic N) is 3. The molecule has 2 aliphatic carbocycles. The van der Waals surface area contributed by atoms with Gasteiger partial charge in [0.15, 0.2) is 5.78 Å². The number of carbonyl (C=O) groups excluding carboxylic acids is 2. The number of thiophene rings is 1. The lowest BCUT2D eigenvalue weighted by atomic mass is 9.68. The highest BCUT2D eigenvalue weighted by Crippen LogP contribution is 2.53. The number of carbonyl (C=O) groups is 2. The first-order chi connectivity index (χ1) is 18.6. The van der Waals surface area contributed by atoms with E-state index >= 15 is 0 Å². The van der Waals surface area contributed by atoms with Crippen LogP contribution < -0.4 is 10.6 Å². The molecule has 0 saturated heterocycles. The van der Waals surface area contributed by atoms with E-state index in [1.54, 1.807) is 17.0 Å². The maximum atomic E-state index is 13.8. The molecular weight excluding hydrogens is 516 g/mol. The second-order valence-corrected chi connectivity index (χ2v) is 12.2. The smallest absolute Gasteiger partial charge is 0.341 e. The van der Waals surface area contributed by atoms with E-state index in [1.165, 1.54) is 30.6 Å². The number of allylic oxidation sites excluding steroid dienone is 3. The summed E-state index contributed by atoms with van der Waals surface area (Å²) in [6.07, 6.45) is 5.35. The summed E-state index contributed by atoms with van der Waals surface area (Å²) >= 11 is 1.47. The van der Waals surface area contributed by atoms with E-state index in [0.717, 1.165) is 42.5 Å². The minimum atomic E-state index is -0.843. The molecule has 10 heteroatoms. The predicted octanol–water partition coefficient (Wildman–Crippen LogP) is 5.65. The molecule has 1 aromatic heterocycles. The van der Waals surface area contributed by atoms with Gasteiger partial charge in [-0.15, -0.1) is 11.3 Å². The lowest BCUT2D eigenvalue weighted by Crippen LogP contribution is -2.42. The number of nitriles is 1. The molecule has 9 nitrogen and oxygen atoms in total. The fourth-order valence-electron chi connectivity index (χ4n) is 6.09. The van der Waals surface area contributed by atoms with E-state index in [9.17, 15) is 25.0 Å². The number of hydrogen-bond donors (Lipinski definition) is 1. The second-order valence-electron chi connectivity index (χ2n) is 11.1. The van der Waals surface area contributed by atoms with Crippen molar-refractivity contribution in [3.8, 4) is 6.07 Å². The van der Waals surface area contributed by atoms with E-state index in [1.807, 2.05) is 13.8 Å². The number of nitro benzene ring substituents is 1. The summed E-state index contributed by atoms with van der Waals surface area (Å²) in [5, 5.41) is 22.5. The van der Waals surface area contributed by atoms with Crippen molar-refractivity contribution in [1.29, 1.82) is 5.26 Å². The Bertz CT molecular complexity index is 1510. The van der Waals surface area contributed by atoms with Crippen LogP contribution in [0.2, 0.25) is 0 Å². The van der Waals surface area contributed by atoms with Gasteiger partial charge >= 0.3 is 5.97 Å². The standard InChI is InChI=1S/C29H30N4O5S/c1-29(2)13-20-25(21(34)14-29)23(16-8-7-9-17(12-16)33(36)37)19(15-30)26(31)32(20)27-24(28(35)38-3)18-10-5-4-6-11-22(18)39-27/h7-9,12,23H,4-6,10-11,13-14,31H2,1-3H3. The van der Waals surface area contributed by atoms with Crippen molar-refractivity contribution in [2.75, 3.05) is 12.0 Å². The van der Waals surface area contributed by atoms with E-state index in [2.05, 4.69) is 6.07 Å². The molecule has 1 atom stereocenters. The van der Waals surface area contributed by atoms with Crippen molar-refractivity contribution in [2.45, 2.75) is 64.7 Å². The number of methoxy groups -OCH3 is 1. The average molecular weight is 547 g/mol. The Morgan fingerprint density at radius 2 is 2.00 bits per heavy atom. The van der Waals surface area contributed by atoms with E-state index in [0.29, 0.717) is 33.8 Å². The molecule has 5 rings (SSSR count). The number of non-ortho nitro benzene ring substituents is 1. The van der Waals surface area contributed by atoms with E-state index in [-0.39, 0.29) is 29.3 Å². The maximum Gasteiger partial charge on any atom is 0.341 e. The van der Waals surface area contributed by atoms with Gasteiger partial charge in [0.2, 0.25) is 0 Å². The molecule has 3 aliphatic rings. The van der Waals surface area contributed by atoms with Crippen molar-refractivity contribution in [3.05, 3.63) is 78.6 Å². The van der Waals surface area contributed by atoms with Gasteiger partial charge in [0.25, 0.3) is 5.69 Å². The number of benzene rings is 1. The van der Waals surface area contributed by atoms with Gasteiger partial charge in [0.05, 0.1) is 35.2 Å². The summed E-state index contributed by atoms with van der Waals surface area (Å²) in [5.74, 6) is -1.33. The average Bonchev–Trinajstić information content (AvgIpc) is 3.08. The molecule has 0 amide bonds. The van der Waals surface area contributed by atoms with Gasteiger partial charge in [-0.05, 0) is 48.6 Å². The number of esters is 1. The molecule has 0 spiro atoms. The Balaban J connectivity index is 1.80. The van der Waals surface area contributed by atoms with Crippen LogP contribution in [0.5, 0.6) is 0 Å². The Morgan fingerprint density at radius 3 is 2.69 bits per heavy atom. The fourth-order valence-corrected chi connectivity index (χ4v) is 7.51.